The number of carbonyl (C=O) groups is 1. The molecule has 3 nitrogen and oxygen atoms in total. The third kappa shape index (κ3) is 4.65. The van der Waals surface area contributed by atoms with Gasteiger partial charge in [-0.3, -0.25) is 4.79 Å². The van der Waals surface area contributed by atoms with Gasteiger partial charge in [0, 0.05) is 6.04 Å². The third-order valence-electron chi connectivity index (χ3n) is 3.03. The fourth-order valence-corrected chi connectivity index (χ4v) is 2.13. The van der Waals surface area contributed by atoms with Crippen LogP contribution < -0.4 is 0 Å². The number of nitrogens with zero attached hydrogens (tertiary/aromatic N) is 1. The summed E-state index contributed by atoms with van der Waals surface area (Å²) in [6.07, 6.45) is 5.75. The maximum Gasteiger partial charge on any atom is 0.307 e. The molecule has 0 spiro atoms. The van der Waals surface area contributed by atoms with E-state index >= 15 is 0 Å². The molecule has 15 heavy (non-hydrogen) atoms. The first-order chi connectivity index (χ1) is 7.24. The number of ether oxygens (including phenoxy) is 1. The highest BCUT2D eigenvalue weighted by molar-refractivity contribution is 5.70. The van der Waals surface area contributed by atoms with Crippen LogP contribution in [0.5, 0.6) is 0 Å². The maximum atomic E-state index is 11.3. The quantitative estimate of drug-likeness (QED) is 0.670. The Kier molecular flexibility index (Phi) is 5.69. The molecule has 1 heterocycles. The molecule has 0 aromatic heterocycles. The van der Waals surface area contributed by atoms with E-state index in [4.69, 9.17) is 4.74 Å². The van der Waals surface area contributed by atoms with Crippen molar-refractivity contribution in [3.8, 4) is 0 Å². The van der Waals surface area contributed by atoms with Gasteiger partial charge in [0.25, 0.3) is 0 Å². The molecular weight excluding hydrogens is 190 g/mol. The van der Waals surface area contributed by atoms with E-state index < -0.39 is 0 Å². The van der Waals surface area contributed by atoms with Crippen molar-refractivity contribution < 1.29 is 9.53 Å². The first kappa shape index (κ1) is 12.5. The SMILES string of the molecule is CCOC(=O)CC(C)N1CCCCCC1. The third-order valence-corrected chi connectivity index (χ3v) is 3.03. The summed E-state index contributed by atoms with van der Waals surface area (Å²) in [4.78, 5) is 13.8. The molecule has 0 aromatic rings. The van der Waals surface area contributed by atoms with Crippen LogP contribution in [0.15, 0.2) is 0 Å². The molecule has 0 radical (unpaired) electrons. The number of esters is 1. The second kappa shape index (κ2) is 6.83. The number of hydrogen-bond acceptors (Lipinski definition) is 3. The largest absolute Gasteiger partial charge is 0.466 e. The Bertz CT molecular complexity index is 186. The van der Waals surface area contributed by atoms with Crippen LogP contribution in [0.4, 0.5) is 0 Å². The summed E-state index contributed by atoms with van der Waals surface area (Å²) in [6.45, 7) is 6.75. The fraction of sp³-hybridized carbons (Fsp3) is 0.917. The molecule has 0 bridgehead atoms. The van der Waals surface area contributed by atoms with E-state index in [2.05, 4.69) is 11.8 Å². The summed E-state index contributed by atoms with van der Waals surface area (Å²) < 4.78 is 4.97. The minimum absolute atomic E-state index is 0.0609. The summed E-state index contributed by atoms with van der Waals surface area (Å²) in [5, 5.41) is 0. The van der Waals surface area contributed by atoms with Crippen molar-refractivity contribution in [2.75, 3.05) is 19.7 Å². The number of carbonyl (C=O) groups excluding carboxylic acids is 1. The summed E-state index contributed by atoms with van der Waals surface area (Å²) >= 11 is 0. The highest BCUT2D eigenvalue weighted by Gasteiger charge is 2.18. The van der Waals surface area contributed by atoms with Crippen molar-refractivity contribution >= 4 is 5.97 Å². The molecule has 0 amide bonds. The lowest BCUT2D eigenvalue weighted by Crippen LogP contribution is -2.35. The summed E-state index contributed by atoms with van der Waals surface area (Å²) in [6, 6.07) is 0.335. The van der Waals surface area contributed by atoms with Crippen molar-refractivity contribution in [2.45, 2.75) is 52.0 Å². The Labute approximate surface area is 92.8 Å². The molecule has 1 atom stereocenters. The fourth-order valence-electron chi connectivity index (χ4n) is 2.13. The van der Waals surface area contributed by atoms with Gasteiger partial charge in [0.2, 0.25) is 0 Å². The lowest BCUT2D eigenvalue weighted by atomic mass is 10.2. The molecule has 1 unspecified atom stereocenters. The summed E-state index contributed by atoms with van der Waals surface area (Å²) in [7, 11) is 0. The predicted molar refractivity (Wildman–Crippen MR) is 60.8 cm³/mol. The number of rotatable bonds is 4. The molecule has 0 aromatic carbocycles. The molecule has 1 fully saturated rings. The maximum absolute atomic E-state index is 11.3. The molecule has 88 valence electrons. The van der Waals surface area contributed by atoms with Crippen LogP contribution in [0.25, 0.3) is 0 Å². The van der Waals surface area contributed by atoms with Gasteiger partial charge >= 0.3 is 5.97 Å². The average molecular weight is 213 g/mol. The van der Waals surface area contributed by atoms with E-state index in [-0.39, 0.29) is 5.97 Å². The van der Waals surface area contributed by atoms with E-state index in [1.165, 1.54) is 25.7 Å². The van der Waals surface area contributed by atoms with Crippen LogP contribution in [0.2, 0.25) is 0 Å². The predicted octanol–water partition coefficient (Wildman–Crippen LogP) is 2.20. The molecule has 1 saturated heterocycles. The van der Waals surface area contributed by atoms with E-state index in [9.17, 15) is 4.79 Å². The van der Waals surface area contributed by atoms with Crippen LogP contribution in [0, 0.1) is 0 Å². The molecule has 1 aliphatic heterocycles. The second-order valence-corrected chi connectivity index (χ2v) is 4.31. The normalized spacial score (nSPS) is 20.7. The Morgan fingerprint density at radius 3 is 2.40 bits per heavy atom. The Morgan fingerprint density at radius 1 is 1.27 bits per heavy atom. The minimum atomic E-state index is -0.0609. The smallest absolute Gasteiger partial charge is 0.307 e. The molecule has 1 aliphatic rings. The van der Waals surface area contributed by atoms with E-state index in [0.29, 0.717) is 19.1 Å². The lowest BCUT2D eigenvalue weighted by molar-refractivity contribution is -0.144. The number of likely N-dealkylation sites (tertiary alicyclic amines) is 1. The van der Waals surface area contributed by atoms with E-state index in [1.807, 2.05) is 6.92 Å². The molecule has 1 rings (SSSR count). The molecule has 0 saturated carbocycles. The standard InChI is InChI=1S/C12H23NO2/c1-3-15-12(14)10-11(2)13-8-6-4-5-7-9-13/h11H,3-10H2,1-2H3. The first-order valence-electron chi connectivity index (χ1n) is 6.13. The van der Waals surface area contributed by atoms with Crippen molar-refractivity contribution in [3.63, 3.8) is 0 Å². The van der Waals surface area contributed by atoms with Gasteiger partial charge in [0.05, 0.1) is 13.0 Å². The van der Waals surface area contributed by atoms with Gasteiger partial charge in [-0.2, -0.15) is 0 Å². The summed E-state index contributed by atoms with van der Waals surface area (Å²) in [5.41, 5.74) is 0. The summed E-state index contributed by atoms with van der Waals surface area (Å²) in [5.74, 6) is -0.0609. The highest BCUT2D eigenvalue weighted by atomic mass is 16.5. The molecule has 3 heteroatoms. The average Bonchev–Trinajstić information content (AvgIpc) is 2.45. The Balaban J connectivity index is 2.30. The van der Waals surface area contributed by atoms with Gasteiger partial charge in [0.1, 0.15) is 0 Å². The van der Waals surface area contributed by atoms with Crippen LogP contribution in [-0.2, 0) is 9.53 Å². The highest BCUT2D eigenvalue weighted by Crippen LogP contribution is 2.14. The van der Waals surface area contributed by atoms with Crippen LogP contribution in [-0.4, -0.2) is 36.6 Å². The van der Waals surface area contributed by atoms with Crippen molar-refractivity contribution in [2.24, 2.45) is 0 Å². The second-order valence-electron chi connectivity index (χ2n) is 4.31. The van der Waals surface area contributed by atoms with Gasteiger partial charge in [-0.05, 0) is 39.8 Å². The molecular formula is C12H23NO2. The van der Waals surface area contributed by atoms with Crippen LogP contribution in [0.3, 0.4) is 0 Å². The van der Waals surface area contributed by atoms with E-state index in [0.717, 1.165) is 13.1 Å². The zero-order valence-electron chi connectivity index (χ0n) is 10.00. The minimum Gasteiger partial charge on any atom is -0.466 e. The Hall–Kier alpha value is -0.570. The number of hydrogen-bond donors (Lipinski definition) is 0. The monoisotopic (exact) mass is 213 g/mol. The zero-order chi connectivity index (χ0) is 11.1. The van der Waals surface area contributed by atoms with Gasteiger partial charge in [-0.15, -0.1) is 0 Å². The molecule has 0 N–H and O–H groups in total. The van der Waals surface area contributed by atoms with Crippen molar-refractivity contribution in [3.05, 3.63) is 0 Å². The Morgan fingerprint density at radius 2 is 1.87 bits per heavy atom. The van der Waals surface area contributed by atoms with Crippen molar-refractivity contribution in [1.29, 1.82) is 0 Å². The first-order valence-corrected chi connectivity index (χ1v) is 6.13. The zero-order valence-corrected chi connectivity index (χ0v) is 10.00. The lowest BCUT2D eigenvalue weighted by Gasteiger charge is -2.26. The van der Waals surface area contributed by atoms with Crippen LogP contribution in [0.1, 0.15) is 46.0 Å². The van der Waals surface area contributed by atoms with Gasteiger partial charge < -0.3 is 9.64 Å². The van der Waals surface area contributed by atoms with Gasteiger partial charge in [-0.1, -0.05) is 12.8 Å². The van der Waals surface area contributed by atoms with Gasteiger partial charge in [-0.25, -0.2) is 0 Å². The topological polar surface area (TPSA) is 29.5 Å². The van der Waals surface area contributed by atoms with Crippen LogP contribution >= 0.6 is 0 Å². The van der Waals surface area contributed by atoms with E-state index in [1.54, 1.807) is 0 Å². The molecule has 0 aliphatic carbocycles. The van der Waals surface area contributed by atoms with Gasteiger partial charge in [0.15, 0.2) is 0 Å². The van der Waals surface area contributed by atoms with Crippen molar-refractivity contribution in [1.82, 2.24) is 4.90 Å².